The number of aryl methyl sites for hydroxylation is 2. The van der Waals surface area contributed by atoms with E-state index in [1.54, 1.807) is 44.2 Å². The summed E-state index contributed by atoms with van der Waals surface area (Å²) in [5.74, 6) is -1.39. The topological polar surface area (TPSA) is 101 Å². The molecule has 0 fully saturated rings. The molecule has 7 nitrogen and oxygen atoms in total. The summed E-state index contributed by atoms with van der Waals surface area (Å²) in [7, 11) is 0. The molecule has 2 N–H and O–H groups in total. The van der Waals surface area contributed by atoms with Gasteiger partial charge in [0.2, 0.25) is 0 Å². The van der Waals surface area contributed by atoms with Crippen LogP contribution in [0.4, 0.5) is 5.69 Å². The van der Waals surface area contributed by atoms with Gasteiger partial charge in [-0.2, -0.15) is 5.10 Å². The second-order valence-electron chi connectivity index (χ2n) is 7.52. The minimum Gasteiger partial charge on any atom is -0.478 e. The van der Waals surface area contributed by atoms with Crippen LogP contribution in [-0.2, 0) is 6.54 Å². The fraction of sp³-hybridized carbons (Fsp3) is 0.273. The van der Waals surface area contributed by atoms with Crippen molar-refractivity contribution >= 4 is 28.3 Å². The first kappa shape index (κ1) is 20.3. The highest BCUT2D eigenvalue weighted by atomic mass is 16.4. The number of amides is 1. The second kappa shape index (κ2) is 7.87. The third-order valence-electron chi connectivity index (χ3n) is 4.67. The molecule has 29 heavy (non-hydrogen) atoms. The summed E-state index contributed by atoms with van der Waals surface area (Å²) in [5, 5.41) is 17.3. The molecule has 3 aromatic rings. The van der Waals surface area contributed by atoms with E-state index >= 15 is 0 Å². The summed E-state index contributed by atoms with van der Waals surface area (Å²) >= 11 is 0. The van der Waals surface area contributed by atoms with Gasteiger partial charge in [-0.1, -0.05) is 38.1 Å². The summed E-state index contributed by atoms with van der Waals surface area (Å²) in [6.07, 6.45) is 0. The van der Waals surface area contributed by atoms with Crippen molar-refractivity contribution in [2.75, 3.05) is 5.32 Å². The Morgan fingerprint density at radius 3 is 2.38 bits per heavy atom. The van der Waals surface area contributed by atoms with Crippen LogP contribution in [0.3, 0.4) is 0 Å². The summed E-state index contributed by atoms with van der Waals surface area (Å²) in [6, 6.07) is 10.00. The van der Waals surface area contributed by atoms with Crippen LogP contribution in [0.2, 0.25) is 0 Å². The van der Waals surface area contributed by atoms with Gasteiger partial charge in [0, 0.05) is 17.6 Å². The predicted octanol–water partition coefficient (Wildman–Crippen LogP) is 3.62. The van der Waals surface area contributed by atoms with Crippen molar-refractivity contribution in [3.8, 4) is 0 Å². The lowest BCUT2D eigenvalue weighted by atomic mass is 10.0. The lowest BCUT2D eigenvalue weighted by Gasteiger charge is -2.14. The van der Waals surface area contributed by atoms with Crippen LogP contribution in [-0.4, -0.2) is 26.8 Å². The van der Waals surface area contributed by atoms with Crippen molar-refractivity contribution in [1.82, 2.24) is 9.78 Å². The van der Waals surface area contributed by atoms with Crippen molar-refractivity contribution in [2.24, 2.45) is 5.92 Å². The number of carboxylic acids is 1. The Labute approximate surface area is 168 Å². The fourth-order valence-corrected chi connectivity index (χ4v) is 3.27. The average molecular weight is 393 g/mol. The molecule has 0 unspecified atom stereocenters. The molecule has 0 saturated carbocycles. The maximum Gasteiger partial charge on any atom is 0.336 e. The van der Waals surface area contributed by atoms with Crippen molar-refractivity contribution in [3.63, 3.8) is 0 Å². The van der Waals surface area contributed by atoms with Gasteiger partial charge < -0.3 is 10.4 Å². The Balaban J connectivity index is 2.10. The Kier molecular flexibility index (Phi) is 5.50. The zero-order chi connectivity index (χ0) is 21.3. The highest BCUT2D eigenvalue weighted by Gasteiger charge is 2.19. The average Bonchev–Trinajstić information content (AvgIpc) is 2.65. The van der Waals surface area contributed by atoms with E-state index in [1.165, 1.54) is 10.7 Å². The number of carbonyl (C=O) groups is 2. The molecule has 0 aliphatic heterocycles. The SMILES string of the molecule is Cc1cc(C)c(C(=O)O)cc1NC(=O)c1nn(CC(C)C)c(=O)c2ccccc12. The molecule has 0 aliphatic carbocycles. The van der Waals surface area contributed by atoms with E-state index in [1.807, 2.05) is 13.8 Å². The molecule has 0 spiro atoms. The van der Waals surface area contributed by atoms with Crippen molar-refractivity contribution in [3.05, 3.63) is 69.1 Å². The number of aromatic carboxylic acids is 1. The molecule has 2 aromatic carbocycles. The molecule has 1 aromatic heterocycles. The van der Waals surface area contributed by atoms with Crippen LogP contribution >= 0.6 is 0 Å². The van der Waals surface area contributed by atoms with Crippen LogP contribution < -0.4 is 10.9 Å². The largest absolute Gasteiger partial charge is 0.478 e. The number of hydrogen-bond acceptors (Lipinski definition) is 4. The van der Waals surface area contributed by atoms with Crippen molar-refractivity contribution in [1.29, 1.82) is 0 Å². The van der Waals surface area contributed by atoms with Gasteiger partial charge in [0.1, 0.15) is 0 Å². The molecule has 0 saturated heterocycles. The quantitative estimate of drug-likeness (QED) is 0.689. The first-order chi connectivity index (χ1) is 13.7. The molecule has 0 bridgehead atoms. The summed E-state index contributed by atoms with van der Waals surface area (Å²) in [6.45, 7) is 7.81. The van der Waals surface area contributed by atoms with Crippen LogP contribution in [0.25, 0.3) is 10.8 Å². The van der Waals surface area contributed by atoms with Crippen molar-refractivity contribution in [2.45, 2.75) is 34.2 Å². The van der Waals surface area contributed by atoms with Gasteiger partial charge in [-0.15, -0.1) is 0 Å². The number of benzene rings is 2. The summed E-state index contributed by atoms with van der Waals surface area (Å²) < 4.78 is 1.31. The third kappa shape index (κ3) is 4.03. The number of rotatable bonds is 5. The number of carboxylic acid groups (broad SMARTS) is 1. The van der Waals surface area contributed by atoms with Gasteiger partial charge in [0.15, 0.2) is 5.69 Å². The molecule has 3 rings (SSSR count). The van der Waals surface area contributed by atoms with Crippen LogP contribution in [0.5, 0.6) is 0 Å². The second-order valence-corrected chi connectivity index (χ2v) is 7.52. The Morgan fingerprint density at radius 1 is 1.10 bits per heavy atom. The van der Waals surface area contributed by atoms with Gasteiger partial charge in [-0.3, -0.25) is 9.59 Å². The lowest BCUT2D eigenvalue weighted by molar-refractivity contribution is 0.0695. The van der Waals surface area contributed by atoms with E-state index in [9.17, 15) is 19.5 Å². The van der Waals surface area contributed by atoms with E-state index in [4.69, 9.17) is 0 Å². The summed E-state index contributed by atoms with van der Waals surface area (Å²) in [5.41, 5.74) is 1.74. The van der Waals surface area contributed by atoms with Crippen LogP contribution in [0.1, 0.15) is 45.8 Å². The van der Waals surface area contributed by atoms with Crippen LogP contribution in [0, 0.1) is 19.8 Å². The zero-order valence-electron chi connectivity index (χ0n) is 16.8. The molecular weight excluding hydrogens is 370 g/mol. The normalized spacial score (nSPS) is 11.1. The van der Waals surface area contributed by atoms with E-state index in [-0.39, 0.29) is 22.7 Å². The van der Waals surface area contributed by atoms with E-state index in [0.29, 0.717) is 28.6 Å². The van der Waals surface area contributed by atoms with Gasteiger partial charge in [-0.05, 0) is 43.0 Å². The van der Waals surface area contributed by atoms with E-state index in [0.717, 1.165) is 5.56 Å². The molecule has 1 heterocycles. The number of fused-ring (bicyclic) bond motifs is 1. The third-order valence-corrected chi connectivity index (χ3v) is 4.67. The molecule has 0 atom stereocenters. The van der Waals surface area contributed by atoms with Crippen molar-refractivity contribution < 1.29 is 14.7 Å². The van der Waals surface area contributed by atoms with E-state index < -0.39 is 11.9 Å². The van der Waals surface area contributed by atoms with E-state index in [2.05, 4.69) is 10.4 Å². The Hall–Kier alpha value is -3.48. The predicted molar refractivity (Wildman–Crippen MR) is 112 cm³/mol. The first-order valence-corrected chi connectivity index (χ1v) is 9.34. The number of hydrogen-bond donors (Lipinski definition) is 2. The number of carbonyl (C=O) groups excluding carboxylic acids is 1. The molecule has 1 amide bonds. The van der Waals surface area contributed by atoms with Gasteiger partial charge in [-0.25, -0.2) is 9.48 Å². The fourth-order valence-electron chi connectivity index (χ4n) is 3.27. The molecule has 150 valence electrons. The van der Waals surface area contributed by atoms with Crippen LogP contribution in [0.15, 0.2) is 41.2 Å². The monoisotopic (exact) mass is 393 g/mol. The minimum atomic E-state index is -1.06. The number of nitrogens with one attached hydrogen (secondary N) is 1. The number of nitrogens with zero attached hydrogens (tertiary/aromatic N) is 2. The van der Waals surface area contributed by atoms with Gasteiger partial charge >= 0.3 is 5.97 Å². The molecular formula is C22H23N3O4. The minimum absolute atomic E-state index is 0.119. The lowest BCUT2D eigenvalue weighted by Crippen LogP contribution is -2.29. The molecule has 0 radical (unpaired) electrons. The van der Waals surface area contributed by atoms with Gasteiger partial charge in [0.05, 0.1) is 10.9 Å². The number of aromatic nitrogens is 2. The number of anilines is 1. The molecule has 7 heteroatoms. The molecule has 0 aliphatic rings. The maximum atomic E-state index is 13.1. The smallest absolute Gasteiger partial charge is 0.336 e. The summed E-state index contributed by atoms with van der Waals surface area (Å²) in [4.78, 5) is 37.2. The highest BCUT2D eigenvalue weighted by molar-refractivity contribution is 6.11. The van der Waals surface area contributed by atoms with Gasteiger partial charge in [0.25, 0.3) is 11.5 Å². The Morgan fingerprint density at radius 2 is 1.76 bits per heavy atom. The highest BCUT2D eigenvalue weighted by Crippen LogP contribution is 2.22. The Bertz CT molecular complexity index is 1180. The maximum absolute atomic E-state index is 13.1. The first-order valence-electron chi connectivity index (χ1n) is 9.34. The zero-order valence-corrected chi connectivity index (χ0v) is 16.8. The standard InChI is InChI=1S/C22H23N3O4/c1-12(2)11-25-21(27)16-8-6-5-7-15(16)19(24-25)20(26)23-18-10-17(22(28)29)13(3)9-14(18)4/h5-10,12H,11H2,1-4H3,(H,23,26)(H,28,29).